The molecule has 4 nitrogen and oxygen atoms in total. The molecular weight excluding hydrogens is 240 g/mol. The average Bonchev–Trinajstić information content (AvgIpc) is 2.96. The lowest BCUT2D eigenvalue weighted by atomic mass is 10.2. The fourth-order valence-electron chi connectivity index (χ4n) is 2.11. The lowest BCUT2D eigenvalue weighted by Gasteiger charge is -2.11. The molecule has 1 amide bonds. The van der Waals surface area contributed by atoms with E-state index < -0.39 is 0 Å². The molecule has 0 spiro atoms. The summed E-state index contributed by atoms with van der Waals surface area (Å²) in [7, 11) is 0. The number of ether oxygens (including phenoxy) is 1. The third-order valence-corrected chi connectivity index (χ3v) is 3.16. The van der Waals surface area contributed by atoms with E-state index in [1.807, 2.05) is 0 Å². The van der Waals surface area contributed by atoms with E-state index in [2.05, 4.69) is 17.2 Å². The zero-order valence-corrected chi connectivity index (χ0v) is 11.0. The second kappa shape index (κ2) is 6.95. The van der Waals surface area contributed by atoms with Crippen molar-refractivity contribution in [2.75, 3.05) is 19.7 Å². The van der Waals surface area contributed by atoms with Crippen molar-refractivity contribution >= 4 is 5.91 Å². The first kappa shape index (κ1) is 13.6. The zero-order chi connectivity index (χ0) is 13.5. The molecule has 1 aromatic carbocycles. The van der Waals surface area contributed by atoms with E-state index in [9.17, 15) is 4.79 Å². The predicted molar refractivity (Wildman–Crippen MR) is 75.5 cm³/mol. The standard InChI is InChI=1S/C15H20N2O2/c1-2-10-19-14-7-5-12(6-8-14)15(18)17-11-13-4-3-9-16-13/h2,5-8,13,16H,1,3-4,9-11H2,(H,17,18). The van der Waals surface area contributed by atoms with E-state index in [4.69, 9.17) is 4.74 Å². The number of hydrogen-bond acceptors (Lipinski definition) is 3. The lowest BCUT2D eigenvalue weighted by Crippen LogP contribution is -2.37. The summed E-state index contributed by atoms with van der Waals surface area (Å²) in [6.07, 6.45) is 4.01. The third kappa shape index (κ3) is 4.10. The minimum atomic E-state index is -0.0380. The van der Waals surface area contributed by atoms with E-state index in [-0.39, 0.29) is 5.91 Å². The number of hydrogen-bond donors (Lipinski definition) is 2. The molecular formula is C15H20N2O2. The Hall–Kier alpha value is -1.81. The van der Waals surface area contributed by atoms with Crippen LogP contribution in [0.2, 0.25) is 0 Å². The van der Waals surface area contributed by atoms with Crippen molar-refractivity contribution in [3.8, 4) is 5.75 Å². The SMILES string of the molecule is C=CCOc1ccc(C(=O)NCC2CCCN2)cc1. The summed E-state index contributed by atoms with van der Waals surface area (Å²) in [6.45, 7) is 5.80. The highest BCUT2D eigenvalue weighted by Gasteiger charge is 2.15. The molecule has 1 atom stereocenters. The smallest absolute Gasteiger partial charge is 0.251 e. The van der Waals surface area contributed by atoms with Gasteiger partial charge in [-0.3, -0.25) is 4.79 Å². The number of carbonyl (C=O) groups excluding carboxylic acids is 1. The Labute approximate surface area is 113 Å². The molecule has 4 heteroatoms. The monoisotopic (exact) mass is 260 g/mol. The van der Waals surface area contributed by atoms with Crippen molar-refractivity contribution < 1.29 is 9.53 Å². The van der Waals surface area contributed by atoms with E-state index in [1.165, 1.54) is 6.42 Å². The Morgan fingerprint density at radius 3 is 2.89 bits per heavy atom. The lowest BCUT2D eigenvalue weighted by molar-refractivity contribution is 0.0950. The van der Waals surface area contributed by atoms with E-state index >= 15 is 0 Å². The van der Waals surface area contributed by atoms with Crippen LogP contribution in [0.1, 0.15) is 23.2 Å². The van der Waals surface area contributed by atoms with E-state index in [1.54, 1.807) is 30.3 Å². The van der Waals surface area contributed by atoms with E-state index in [0.717, 1.165) is 18.7 Å². The highest BCUT2D eigenvalue weighted by molar-refractivity contribution is 5.94. The quantitative estimate of drug-likeness (QED) is 0.766. The predicted octanol–water partition coefficient (Wildman–Crippen LogP) is 1.73. The molecule has 1 heterocycles. The summed E-state index contributed by atoms with van der Waals surface area (Å²) in [6, 6.07) is 7.56. The molecule has 2 rings (SSSR count). The van der Waals surface area contributed by atoms with Crippen LogP contribution >= 0.6 is 0 Å². The first-order chi connectivity index (χ1) is 9.29. The molecule has 1 aromatic rings. The average molecular weight is 260 g/mol. The van der Waals surface area contributed by atoms with Crippen molar-refractivity contribution in [2.24, 2.45) is 0 Å². The Bertz CT molecular complexity index is 422. The highest BCUT2D eigenvalue weighted by Crippen LogP contribution is 2.12. The number of carbonyl (C=O) groups is 1. The molecule has 1 unspecified atom stereocenters. The first-order valence-corrected chi connectivity index (χ1v) is 6.65. The van der Waals surface area contributed by atoms with Crippen LogP contribution in [0.15, 0.2) is 36.9 Å². The van der Waals surface area contributed by atoms with Gasteiger partial charge in [0.1, 0.15) is 12.4 Å². The molecule has 102 valence electrons. The second-order valence-corrected chi connectivity index (χ2v) is 4.63. The molecule has 0 bridgehead atoms. The van der Waals surface area contributed by atoms with Crippen LogP contribution in [0, 0.1) is 0 Å². The van der Waals surface area contributed by atoms with Crippen molar-refractivity contribution in [1.29, 1.82) is 0 Å². The van der Waals surface area contributed by atoms with Gasteiger partial charge in [0.05, 0.1) is 0 Å². The second-order valence-electron chi connectivity index (χ2n) is 4.63. The van der Waals surface area contributed by atoms with Gasteiger partial charge < -0.3 is 15.4 Å². The number of nitrogens with one attached hydrogen (secondary N) is 2. The van der Waals surface area contributed by atoms with Crippen LogP contribution in [0.5, 0.6) is 5.75 Å². The number of benzene rings is 1. The van der Waals surface area contributed by atoms with Gasteiger partial charge in [0.2, 0.25) is 0 Å². The normalized spacial score (nSPS) is 18.0. The topological polar surface area (TPSA) is 50.4 Å². The fourth-order valence-corrected chi connectivity index (χ4v) is 2.11. The summed E-state index contributed by atoms with van der Waals surface area (Å²) in [5, 5.41) is 6.30. The van der Waals surface area contributed by atoms with E-state index in [0.29, 0.717) is 24.8 Å². The maximum atomic E-state index is 11.9. The molecule has 0 aliphatic carbocycles. The number of rotatable bonds is 6. The summed E-state index contributed by atoms with van der Waals surface area (Å²) < 4.78 is 5.37. The Morgan fingerprint density at radius 2 is 2.26 bits per heavy atom. The summed E-state index contributed by atoms with van der Waals surface area (Å²) >= 11 is 0. The molecule has 0 saturated carbocycles. The largest absolute Gasteiger partial charge is 0.490 e. The maximum absolute atomic E-state index is 11.9. The third-order valence-electron chi connectivity index (χ3n) is 3.16. The van der Waals surface area contributed by atoms with Crippen LogP contribution in [0.25, 0.3) is 0 Å². The highest BCUT2D eigenvalue weighted by atomic mass is 16.5. The Morgan fingerprint density at radius 1 is 1.47 bits per heavy atom. The molecule has 2 N–H and O–H groups in total. The van der Waals surface area contributed by atoms with Gasteiger partial charge in [-0.05, 0) is 43.7 Å². The molecule has 0 aromatic heterocycles. The maximum Gasteiger partial charge on any atom is 0.251 e. The Kier molecular flexibility index (Phi) is 4.98. The van der Waals surface area contributed by atoms with Crippen LogP contribution in [0.3, 0.4) is 0 Å². The van der Waals surface area contributed by atoms with Gasteiger partial charge in [-0.25, -0.2) is 0 Å². The van der Waals surface area contributed by atoms with Gasteiger partial charge in [-0.2, -0.15) is 0 Å². The molecule has 1 fully saturated rings. The number of amides is 1. The van der Waals surface area contributed by atoms with Crippen LogP contribution in [-0.2, 0) is 0 Å². The van der Waals surface area contributed by atoms with Gasteiger partial charge in [0.15, 0.2) is 0 Å². The zero-order valence-electron chi connectivity index (χ0n) is 11.0. The molecule has 1 aliphatic heterocycles. The van der Waals surface area contributed by atoms with Gasteiger partial charge in [-0.15, -0.1) is 0 Å². The van der Waals surface area contributed by atoms with Gasteiger partial charge in [0.25, 0.3) is 5.91 Å². The molecule has 0 radical (unpaired) electrons. The van der Waals surface area contributed by atoms with Crippen molar-refractivity contribution in [2.45, 2.75) is 18.9 Å². The summed E-state index contributed by atoms with van der Waals surface area (Å²) in [4.78, 5) is 11.9. The van der Waals surface area contributed by atoms with Crippen LogP contribution in [0.4, 0.5) is 0 Å². The fraction of sp³-hybridized carbons (Fsp3) is 0.400. The van der Waals surface area contributed by atoms with Crippen molar-refractivity contribution in [3.63, 3.8) is 0 Å². The first-order valence-electron chi connectivity index (χ1n) is 6.65. The van der Waals surface area contributed by atoms with Gasteiger partial charge >= 0.3 is 0 Å². The van der Waals surface area contributed by atoms with Crippen molar-refractivity contribution in [3.05, 3.63) is 42.5 Å². The summed E-state index contributed by atoms with van der Waals surface area (Å²) in [5.74, 6) is 0.706. The summed E-state index contributed by atoms with van der Waals surface area (Å²) in [5.41, 5.74) is 0.656. The minimum Gasteiger partial charge on any atom is -0.490 e. The minimum absolute atomic E-state index is 0.0380. The Balaban J connectivity index is 1.82. The van der Waals surface area contributed by atoms with Gasteiger partial charge in [-0.1, -0.05) is 12.7 Å². The molecule has 19 heavy (non-hydrogen) atoms. The van der Waals surface area contributed by atoms with Crippen LogP contribution in [-0.4, -0.2) is 31.6 Å². The van der Waals surface area contributed by atoms with Crippen LogP contribution < -0.4 is 15.4 Å². The van der Waals surface area contributed by atoms with Crippen molar-refractivity contribution in [1.82, 2.24) is 10.6 Å². The molecule has 1 saturated heterocycles. The molecule has 1 aliphatic rings. The van der Waals surface area contributed by atoms with Gasteiger partial charge in [0, 0.05) is 18.2 Å².